The molecule has 34 heavy (non-hydrogen) atoms. The van der Waals surface area contributed by atoms with E-state index in [0.717, 1.165) is 49.1 Å². The van der Waals surface area contributed by atoms with Crippen LogP contribution in [0, 0.1) is 19.7 Å². The molecule has 0 bridgehead atoms. The van der Waals surface area contributed by atoms with Gasteiger partial charge in [0, 0.05) is 18.2 Å². The second kappa shape index (κ2) is 10.2. The normalized spacial score (nSPS) is 11.5. The first kappa shape index (κ1) is 23.6. The van der Waals surface area contributed by atoms with Crippen LogP contribution in [0.3, 0.4) is 0 Å². The number of aromatic amines is 1. The minimum absolute atomic E-state index is 0.321. The van der Waals surface area contributed by atoms with Gasteiger partial charge in [-0.2, -0.15) is 5.10 Å². The number of hydrogen-bond acceptors (Lipinski definition) is 8. The number of H-pyrrole nitrogens is 1. The number of fused-ring (bicyclic) bond motifs is 1. The van der Waals surface area contributed by atoms with Gasteiger partial charge in [-0.15, -0.1) is 5.10 Å². The minimum atomic E-state index is -0.405. The van der Waals surface area contributed by atoms with Gasteiger partial charge in [0.05, 0.1) is 18.2 Å². The van der Waals surface area contributed by atoms with Crippen molar-refractivity contribution in [1.82, 2.24) is 30.3 Å². The van der Waals surface area contributed by atoms with Crippen LogP contribution in [0.25, 0.3) is 33.9 Å². The van der Waals surface area contributed by atoms with E-state index in [1.165, 1.54) is 13.2 Å². The molecule has 2 N–H and O–H groups in total. The summed E-state index contributed by atoms with van der Waals surface area (Å²) in [6, 6.07) is 5.08. The molecule has 3 aromatic heterocycles. The number of nitrogens with zero attached hydrogens (tertiary/aromatic N) is 5. The van der Waals surface area contributed by atoms with E-state index in [1.54, 1.807) is 12.1 Å². The summed E-state index contributed by atoms with van der Waals surface area (Å²) in [5.41, 5.74) is 3.72. The number of aryl methyl sites for hydroxylation is 1. The number of nitrogens with one attached hydrogen (secondary N) is 2. The maximum Gasteiger partial charge on any atom is 0.315 e. The van der Waals surface area contributed by atoms with Crippen LogP contribution in [0.15, 0.2) is 22.6 Å². The van der Waals surface area contributed by atoms with E-state index in [-0.39, 0.29) is 0 Å². The summed E-state index contributed by atoms with van der Waals surface area (Å²) in [6.07, 6.45) is 0.972. The van der Waals surface area contributed by atoms with Crippen LogP contribution >= 0.6 is 0 Å². The fourth-order valence-corrected chi connectivity index (χ4v) is 3.99. The highest BCUT2D eigenvalue weighted by Crippen LogP contribution is 2.35. The maximum absolute atomic E-state index is 14.7. The summed E-state index contributed by atoms with van der Waals surface area (Å²) in [7, 11) is 1.50. The van der Waals surface area contributed by atoms with E-state index in [4.69, 9.17) is 9.15 Å². The van der Waals surface area contributed by atoms with Gasteiger partial charge in [0.15, 0.2) is 5.65 Å². The molecule has 0 spiro atoms. The van der Waals surface area contributed by atoms with Crippen LogP contribution in [-0.2, 0) is 0 Å². The summed E-state index contributed by atoms with van der Waals surface area (Å²) in [5, 5.41) is 19.5. The number of anilines is 1. The lowest BCUT2D eigenvalue weighted by Crippen LogP contribution is -2.25. The Morgan fingerprint density at radius 2 is 1.94 bits per heavy atom. The smallest absolute Gasteiger partial charge is 0.315 e. The van der Waals surface area contributed by atoms with E-state index in [2.05, 4.69) is 49.4 Å². The molecule has 4 aromatic rings. The highest BCUT2D eigenvalue weighted by atomic mass is 19.1. The number of methoxy groups -OCH3 is 1. The zero-order chi connectivity index (χ0) is 24.2. The van der Waals surface area contributed by atoms with Crippen molar-refractivity contribution in [3.8, 4) is 28.6 Å². The number of halogens is 1. The monoisotopic (exact) mass is 467 g/mol. The van der Waals surface area contributed by atoms with Crippen molar-refractivity contribution in [2.75, 3.05) is 38.6 Å². The zero-order valence-corrected chi connectivity index (χ0v) is 20.2. The average molecular weight is 468 g/mol. The van der Waals surface area contributed by atoms with Crippen molar-refractivity contribution < 1.29 is 13.5 Å². The Kier molecular flexibility index (Phi) is 7.06. The summed E-state index contributed by atoms with van der Waals surface area (Å²) in [4.78, 5) is 7.00. The van der Waals surface area contributed by atoms with Gasteiger partial charge in [0.2, 0.25) is 0 Å². The van der Waals surface area contributed by atoms with Crippen LogP contribution in [-0.4, -0.2) is 63.6 Å². The summed E-state index contributed by atoms with van der Waals surface area (Å²) >= 11 is 0. The number of benzene rings is 1. The molecule has 0 aliphatic heterocycles. The largest absolute Gasteiger partial charge is 0.497 e. The van der Waals surface area contributed by atoms with Crippen LogP contribution in [0.1, 0.15) is 31.4 Å². The summed E-state index contributed by atoms with van der Waals surface area (Å²) in [5.74, 6) is 0.368. The molecule has 0 saturated carbocycles. The highest BCUT2D eigenvalue weighted by Gasteiger charge is 2.21. The predicted octanol–water partition coefficient (Wildman–Crippen LogP) is 4.58. The Bertz CT molecular complexity index is 1280. The number of ether oxygens (including phenoxy) is 1. The van der Waals surface area contributed by atoms with Gasteiger partial charge in [-0.1, -0.05) is 18.9 Å². The number of hydrogen-bond donors (Lipinski definition) is 2. The van der Waals surface area contributed by atoms with Crippen molar-refractivity contribution in [2.45, 2.75) is 34.1 Å². The van der Waals surface area contributed by atoms with E-state index in [1.807, 2.05) is 13.8 Å². The molecule has 0 aliphatic rings. The molecule has 9 nitrogen and oxygen atoms in total. The molecule has 1 aromatic carbocycles. The van der Waals surface area contributed by atoms with Gasteiger partial charge >= 0.3 is 6.01 Å². The molecule has 0 atom stereocenters. The van der Waals surface area contributed by atoms with E-state index >= 15 is 0 Å². The van der Waals surface area contributed by atoms with Crippen molar-refractivity contribution in [3.63, 3.8) is 0 Å². The lowest BCUT2D eigenvalue weighted by atomic mass is 9.99. The first-order valence-electron chi connectivity index (χ1n) is 11.5. The van der Waals surface area contributed by atoms with Crippen LogP contribution < -0.4 is 10.1 Å². The van der Waals surface area contributed by atoms with Crippen molar-refractivity contribution >= 4 is 17.0 Å². The Morgan fingerprint density at radius 3 is 2.65 bits per heavy atom. The highest BCUT2D eigenvalue weighted by molar-refractivity contribution is 5.94. The predicted molar refractivity (Wildman–Crippen MR) is 129 cm³/mol. The molecule has 0 aliphatic carbocycles. The van der Waals surface area contributed by atoms with Gasteiger partial charge in [-0.3, -0.25) is 5.10 Å². The Hall–Kier alpha value is -3.53. The van der Waals surface area contributed by atoms with Gasteiger partial charge in [-0.05, 0) is 63.2 Å². The number of pyridine rings is 1. The number of aromatic nitrogens is 5. The molecule has 180 valence electrons. The van der Waals surface area contributed by atoms with Gasteiger partial charge < -0.3 is 19.4 Å². The summed E-state index contributed by atoms with van der Waals surface area (Å²) < 4.78 is 25.7. The molecule has 10 heteroatoms. The summed E-state index contributed by atoms with van der Waals surface area (Å²) in [6.45, 7) is 12.0. The molecule has 0 fully saturated rings. The molecule has 0 radical (unpaired) electrons. The third-order valence-corrected chi connectivity index (χ3v) is 6.15. The molecule has 0 amide bonds. The quantitative estimate of drug-likeness (QED) is 0.327. The van der Waals surface area contributed by atoms with Crippen LogP contribution in [0.5, 0.6) is 5.75 Å². The first-order valence-corrected chi connectivity index (χ1v) is 11.5. The third kappa shape index (κ3) is 4.58. The molecular formula is C24H30FN7O2. The average Bonchev–Trinajstić information content (AvgIpc) is 3.48. The second-order valence-electron chi connectivity index (χ2n) is 8.07. The SMILES string of the molecule is CCN(CC)CCCNc1nnc(-c2[nH]nc3nc(-c4ccc(OC)cc4F)c(C)c(C)c23)o1. The Balaban J connectivity index is 1.58. The minimum Gasteiger partial charge on any atom is -0.497 e. The maximum atomic E-state index is 14.7. The lowest BCUT2D eigenvalue weighted by Gasteiger charge is -2.17. The zero-order valence-electron chi connectivity index (χ0n) is 20.2. The van der Waals surface area contributed by atoms with E-state index in [0.29, 0.717) is 40.3 Å². The van der Waals surface area contributed by atoms with Crippen molar-refractivity contribution in [2.24, 2.45) is 0 Å². The van der Waals surface area contributed by atoms with Gasteiger partial charge in [-0.25, -0.2) is 9.37 Å². The Morgan fingerprint density at radius 1 is 1.15 bits per heavy atom. The number of rotatable bonds is 10. The van der Waals surface area contributed by atoms with E-state index < -0.39 is 5.82 Å². The standard InChI is InChI=1S/C24H30FN7O2/c1-6-32(7-2)12-8-11-26-24-31-30-23(34-24)21-19-14(3)15(4)20(27-22(19)29-28-21)17-10-9-16(33-5)13-18(17)25/h9-10,13H,6-8,11-12H2,1-5H3,(H,26,31)(H,27,28,29). The second-order valence-corrected chi connectivity index (χ2v) is 8.07. The molecule has 4 rings (SSSR count). The molecular weight excluding hydrogens is 437 g/mol. The Labute approximate surface area is 197 Å². The third-order valence-electron chi connectivity index (χ3n) is 6.15. The van der Waals surface area contributed by atoms with E-state index in [9.17, 15) is 4.39 Å². The van der Waals surface area contributed by atoms with Gasteiger partial charge in [0.25, 0.3) is 5.89 Å². The molecule has 0 saturated heterocycles. The topological polar surface area (TPSA) is 105 Å². The first-order chi connectivity index (χ1) is 16.5. The molecule has 0 unspecified atom stereocenters. The van der Waals surface area contributed by atoms with Crippen molar-refractivity contribution in [1.29, 1.82) is 0 Å². The molecule has 3 heterocycles. The fraction of sp³-hybridized carbons (Fsp3) is 0.417. The van der Waals surface area contributed by atoms with Gasteiger partial charge in [0.1, 0.15) is 17.3 Å². The van der Waals surface area contributed by atoms with Crippen molar-refractivity contribution in [3.05, 3.63) is 35.1 Å². The lowest BCUT2D eigenvalue weighted by molar-refractivity contribution is 0.302. The fourth-order valence-electron chi connectivity index (χ4n) is 3.99. The van der Waals surface area contributed by atoms with Crippen LogP contribution in [0.2, 0.25) is 0 Å². The van der Waals surface area contributed by atoms with Crippen LogP contribution in [0.4, 0.5) is 10.4 Å².